The zero-order chi connectivity index (χ0) is 20.3. The number of fused-ring (bicyclic) bond motifs is 1. The van der Waals surface area contributed by atoms with Crippen LogP contribution in [-0.4, -0.2) is 26.6 Å². The van der Waals surface area contributed by atoms with Crippen LogP contribution < -0.4 is 9.62 Å². The minimum Gasteiger partial charge on any atom is -0.347 e. The van der Waals surface area contributed by atoms with Gasteiger partial charge in [0.1, 0.15) is 6.04 Å². The molecule has 1 amide bonds. The third kappa shape index (κ3) is 4.38. The Bertz CT molecular complexity index is 956. The number of benzene rings is 2. The first-order valence-electron chi connectivity index (χ1n) is 9.75. The van der Waals surface area contributed by atoms with Crippen LogP contribution >= 0.6 is 0 Å². The normalized spacial score (nSPS) is 17.5. The van der Waals surface area contributed by atoms with Gasteiger partial charge in [0.15, 0.2) is 0 Å². The Kier molecular flexibility index (Phi) is 6.08. The summed E-state index contributed by atoms with van der Waals surface area (Å²) in [4.78, 5) is 13.2. The Morgan fingerprint density at radius 1 is 1.21 bits per heavy atom. The molecule has 1 N–H and O–H groups in total. The number of hydrogen-bond acceptors (Lipinski definition) is 3. The molecule has 28 heavy (non-hydrogen) atoms. The van der Waals surface area contributed by atoms with E-state index >= 15 is 0 Å². The summed E-state index contributed by atoms with van der Waals surface area (Å²) in [7, 11) is -3.62. The highest BCUT2D eigenvalue weighted by molar-refractivity contribution is 7.92. The summed E-state index contributed by atoms with van der Waals surface area (Å²) in [6, 6.07) is 14.5. The highest BCUT2D eigenvalue weighted by Crippen LogP contribution is 2.30. The van der Waals surface area contributed by atoms with Gasteiger partial charge in [-0.1, -0.05) is 43.3 Å². The van der Waals surface area contributed by atoms with Crippen LogP contribution in [0.5, 0.6) is 0 Å². The molecule has 1 aliphatic rings. The van der Waals surface area contributed by atoms with Crippen LogP contribution in [0.1, 0.15) is 48.9 Å². The van der Waals surface area contributed by atoms with Gasteiger partial charge in [0.05, 0.1) is 18.0 Å². The Balaban J connectivity index is 1.90. The van der Waals surface area contributed by atoms with E-state index in [9.17, 15) is 13.2 Å². The number of anilines is 1. The molecule has 0 bridgehead atoms. The Morgan fingerprint density at radius 3 is 2.64 bits per heavy atom. The SMILES string of the molecule is CC[C@@H](C(=O)N[C@@H]1CCCc2ccccc21)N(c1cccc(C)c1)S(C)(=O)=O. The highest BCUT2D eigenvalue weighted by atomic mass is 32.2. The van der Waals surface area contributed by atoms with Crippen molar-refractivity contribution in [2.24, 2.45) is 0 Å². The largest absolute Gasteiger partial charge is 0.347 e. The number of amides is 1. The van der Waals surface area contributed by atoms with Gasteiger partial charge in [-0.15, -0.1) is 0 Å². The smallest absolute Gasteiger partial charge is 0.244 e. The van der Waals surface area contributed by atoms with E-state index in [0.717, 1.165) is 36.6 Å². The minimum absolute atomic E-state index is 0.0783. The van der Waals surface area contributed by atoms with Gasteiger partial charge in [-0.05, 0) is 61.4 Å². The van der Waals surface area contributed by atoms with Gasteiger partial charge < -0.3 is 5.32 Å². The van der Waals surface area contributed by atoms with E-state index < -0.39 is 16.1 Å². The third-order valence-corrected chi connectivity index (χ3v) is 6.45. The van der Waals surface area contributed by atoms with Crippen LogP contribution in [0.4, 0.5) is 5.69 Å². The second kappa shape index (κ2) is 8.35. The van der Waals surface area contributed by atoms with Gasteiger partial charge in [-0.25, -0.2) is 8.42 Å². The summed E-state index contributed by atoms with van der Waals surface area (Å²) in [5.41, 5.74) is 3.86. The van der Waals surface area contributed by atoms with E-state index in [4.69, 9.17) is 0 Å². The Hall–Kier alpha value is -2.34. The van der Waals surface area contributed by atoms with Crippen molar-refractivity contribution in [1.82, 2.24) is 5.32 Å². The minimum atomic E-state index is -3.62. The molecular formula is C22H28N2O3S. The predicted molar refractivity (Wildman–Crippen MR) is 113 cm³/mol. The van der Waals surface area contributed by atoms with Crippen molar-refractivity contribution in [1.29, 1.82) is 0 Å². The van der Waals surface area contributed by atoms with Crippen molar-refractivity contribution >= 4 is 21.6 Å². The van der Waals surface area contributed by atoms with Crippen molar-refractivity contribution < 1.29 is 13.2 Å². The van der Waals surface area contributed by atoms with Crippen molar-refractivity contribution in [3.8, 4) is 0 Å². The molecular weight excluding hydrogens is 372 g/mol. The molecule has 2 atom stereocenters. The molecule has 0 aliphatic heterocycles. The molecule has 0 heterocycles. The summed E-state index contributed by atoms with van der Waals surface area (Å²) in [6.07, 6.45) is 4.43. The molecule has 0 unspecified atom stereocenters. The molecule has 0 radical (unpaired) electrons. The quantitative estimate of drug-likeness (QED) is 0.803. The fraction of sp³-hybridized carbons (Fsp3) is 0.409. The van der Waals surface area contributed by atoms with Gasteiger partial charge >= 0.3 is 0 Å². The van der Waals surface area contributed by atoms with Gasteiger partial charge in [-0.3, -0.25) is 9.10 Å². The number of nitrogens with one attached hydrogen (secondary N) is 1. The zero-order valence-corrected chi connectivity index (χ0v) is 17.5. The van der Waals surface area contributed by atoms with Crippen LogP contribution in [-0.2, 0) is 21.2 Å². The van der Waals surface area contributed by atoms with Crippen molar-refractivity contribution in [3.63, 3.8) is 0 Å². The molecule has 0 spiro atoms. The van der Waals surface area contributed by atoms with E-state index in [1.165, 1.54) is 9.87 Å². The molecule has 0 fully saturated rings. The summed E-state index contributed by atoms with van der Waals surface area (Å²) in [5.74, 6) is -0.254. The fourth-order valence-corrected chi connectivity index (χ4v) is 5.20. The first-order chi connectivity index (χ1) is 13.3. The molecule has 0 aromatic heterocycles. The van der Waals surface area contributed by atoms with Crippen LogP contribution in [0.15, 0.2) is 48.5 Å². The van der Waals surface area contributed by atoms with Gasteiger partial charge in [0, 0.05) is 0 Å². The Morgan fingerprint density at radius 2 is 1.96 bits per heavy atom. The van der Waals surface area contributed by atoms with E-state index in [1.807, 2.05) is 38.1 Å². The van der Waals surface area contributed by atoms with Gasteiger partial charge in [0.2, 0.25) is 15.9 Å². The van der Waals surface area contributed by atoms with Crippen molar-refractivity contribution in [3.05, 3.63) is 65.2 Å². The van der Waals surface area contributed by atoms with E-state index in [-0.39, 0.29) is 11.9 Å². The van der Waals surface area contributed by atoms with Crippen LogP contribution in [0.25, 0.3) is 0 Å². The Labute approximate surface area is 167 Å². The van der Waals surface area contributed by atoms with Gasteiger partial charge in [0.25, 0.3) is 0 Å². The number of hydrogen-bond donors (Lipinski definition) is 1. The maximum atomic E-state index is 13.2. The summed E-state index contributed by atoms with van der Waals surface area (Å²) >= 11 is 0. The number of carbonyl (C=O) groups excluding carboxylic acids is 1. The van der Waals surface area contributed by atoms with Crippen LogP contribution in [0.2, 0.25) is 0 Å². The average molecular weight is 401 g/mol. The molecule has 1 aliphatic carbocycles. The molecule has 2 aromatic rings. The third-order valence-electron chi connectivity index (χ3n) is 5.27. The number of sulfonamides is 1. The van der Waals surface area contributed by atoms with Crippen LogP contribution in [0.3, 0.4) is 0 Å². The maximum Gasteiger partial charge on any atom is 0.244 e. The summed E-state index contributed by atoms with van der Waals surface area (Å²) < 4.78 is 26.4. The van der Waals surface area contributed by atoms with E-state index in [2.05, 4.69) is 17.4 Å². The monoisotopic (exact) mass is 400 g/mol. The van der Waals surface area contributed by atoms with E-state index in [0.29, 0.717) is 12.1 Å². The first-order valence-corrected chi connectivity index (χ1v) is 11.6. The lowest BCUT2D eigenvalue weighted by atomic mass is 9.87. The lowest BCUT2D eigenvalue weighted by Crippen LogP contribution is -2.50. The predicted octanol–water partition coefficient (Wildman–Crippen LogP) is 3.73. The number of nitrogens with zero attached hydrogens (tertiary/aromatic N) is 1. The van der Waals surface area contributed by atoms with Crippen molar-refractivity contribution in [2.45, 2.75) is 51.6 Å². The summed E-state index contributed by atoms with van der Waals surface area (Å²) in [5, 5.41) is 3.12. The maximum absolute atomic E-state index is 13.2. The van der Waals surface area contributed by atoms with Crippen LogP contribution in [0, 0.1) is 6.92 Å². The topological polar surface area (TPSA) is 66.5 Å². The lowest BCUT2D eigenvalue weighted by molar-refractivity contribution is -0.123. The second-order valence-electron chi connectivity index (χ2n) is 7.47. The molecule has 0 saturated carbocycles. The van der Waals surface area contributed by atoms with Crippen molar-refractivity contribution in [2.75, 3.05) is 10.6 Å². The molecule has 5 nitrogen and oxygen atoms in total. The standard InChI is InChI=1S/C22H28N2O3S/c1-4-21(24(28(3,26)27)18-12-7-9-16(2)15-18)22(25)23-20-14-8-11-17-10-5-6-13-19(17)20/h5-7,9-10,12-13,15,20-21H,4,8,11,14H2,1-3H3,(H,23,25)/t20-,21+/m1/s1. The zero-order valence-electron chi connectivity index (χ0n) is 16.7. The first kappa shape index (κ1) is 20.4. The molecule has 6 heteroatoms. The number of aryl methyl sites for hydroxylation is 2. The second-order valence-corrected chi connectivity index (χ2v) is 9.33. The molecule has 3 rings (SSSR count). The number of carbonyl (C=O) groups is 1. The van der Waals surface area contributed by atoms with Gasteiger partial charge in [-0.2, -0.15) is 0 Å². The lowest BCUT2D eigenvalue weighted by Gasteiger charge is -2.33. The highest BCUT2D eigenvalue weighted by Gasteiger charge is 2.33. The molecule has 150 valence electrons. The van der Waals surface area contributed by atoms with E-state index in [1.54, 1.807) is 12.1 Å². The molecule has 0 saturated heterocycles. The molecule has 2 aromatic carbocycles. The average Bonchev–Trinajstić information content (AvgIpc) is 2.65. The fourth-order valence-electron chi connectivity index (χ4n) is 4.00. The number of rotatable bonds is 6. The summed E-state index contributed by atoms with van der Waals surface area (Å²) in [6.45, 7) is 3.75.